The van der Waals surface area contributed by atoms with E-state index in [1.54, 1.807) is 18.2 Å². The van der Waals surface area contributed by atoms with Crippen LogP contribution in [0.2, 0.25) is 0 Å². The number of carbonyl (C=O) groups excluding carboxylic acids is 1. The number of amidine groups is 1. The number of carbonyl (C=O) groups is 1. The summed E-state index contributed by atoms with van der Waals surface area (Å²) in [6, 6.07) is 14.3. The first kappa shape index (κ1) is 18.0. The van der Waals surface area contributed by atoms with Crippen LogP contribution in [0, 0.1) is 0 Å². The molecule has 2 aliphatic heterocycles. The van der Waals surface area contributed by atoms with E-state index in [0.29, 0.717) is 24.6 Å². The van der Waals surface area contributed by atoms with Gasteiger partial charge in [0.25, 0.3) is 5.91 Å². The van der Waals surface area contributed by atoms with Crippen molar-refractivity contribution in [3.8, 4) is 5.75 Å². The summed E-state index contributed by atoms with van der Waals surface area (Å²) in [5.41, 5.74) is 7.54. The molecule has 0 fully saturated rings. The van der Waals surface area contributed by atoms with Crippen LogP contribution in [0.25, 0.3) is 0 Å². The molecule has 0 radical (unpaired) electrons. The first-order chi connectivity index (χ1) is 13.6. The van der Waals surface area contributed by atoms with Gasteiger partial charge in [0.15, 0.2) is 11.5 Å². The fraction of sp³-hybridized carbons (Fsp3) is 0.286. The summed E-state index contributed by atoms with van der Waals surface area (Å²) in [5.74, 6) is 1.21. The molecule has 28 heavy (non-hydrogen) atoms. The smallest absolute Gasteiger partial charge is 0.251 e. The van der Waals surface area contributed by atoms with Crippen LogP contribution >= 0.6 is 0 Å². The van der Waals surface area contributed by atoms with Crippen molar-refractivity contribution < 1.29 is 9.90 Å². The van der Waals surface area contributed by atoms with E-state index in [1.165, 1.54) is 0 Å². The minimum atomic E-state index is -0.944. The Labute approximate surface area is 163 Å². The summed E-state index contributed by atoms with van der Waals surface area (Å²) in [6.45, 7) is 3.89. The highest BCUT2D eigenvalue weighted by Crippen LogP contribution is 2.42. The molecule has 144 valence electrons. The Bertz CT molecular complexity index is 967. The lowest BCUT2D eigenvalue weighted by Crippen LogP contribution is -2.46. The second-order valence-electron chi connectivity index (χ2n) is 6.88. The number of aromatic hydroxyl groups is 1. The van der Waals surface area contributed by atoms with Gasteiger partial charge >= 0.3 is 0 Å². The average Bonchev–Trinajstić information content (AvgIpc) is 3.03. The number of amides is 1. The molecule has 0 aromatic heterocycles. The van der Waals surface area contributed by atoms with Gasteiger partial charge < -0.3 is 16.2 Å². The molecule has 2 heterocycles. The van der Waals surface area contributed by atoms with Crippen LogP contribution in [0.3, 0.4) is 0 Å². The number of phenols is 1. The van der Waals surface area contributed by atoms with Crippen LogP contribution in [0.1, 0.15) is 34.8 Å². The van der Waals surface area contributed by atoms with Crippen LogP contribution < -0.4 is 11.1 Å². The number of aliphatic imine (C=N–C) groups is 2. The van der Waals surface area contributed by atoms with Gasteiger partial charge in [-0.15, -0.1) is 0 Å². The highest BCUT2D eigenvalue weighted by atomic mass is 16.3. The van der Waals surface area contributed by atoms with Gasteiger partial charge in [-0.05, 0) is 48.7 Å². The predicted molar refractivity (Wildman–Crippen MR) is 109 cm³/mol. The van der Waals surface area contributed by atoms with Gasteiger partial charge in [0.1, 0.15) is 11.6 Å². The van der Waals surface area contributed by atoms with Gasteiger partial charge in [-0.1, -0.05) is 24.3 Å². The molecular formula is C21H23N5O2. The van der Waals surface area contributed by atoms with Crippen molar-refractivity contribution in [2.24, 2.45) is 15.7 Å². The molecule has 2 aromatic rings. The maximum absolute atomic E-state index is 12.4. The standard InChI is InChI=1S/C21H23N5O2/c1-2-23-18(28)14-5-3-6-16(13-14)21(15-7-9-17(27)10-8-15)19-24-11-4-12-26(19)20(22)25-21/h3,5-10,13,27H,2,4,11-12H2,1H3,(H2,22,25)(H,23,28). The zero-order valence-corrected chi connectivity index (χ0v) is 15.7. The Morgan fingerprint density at radius 2 is 2.04 bits per heavy atom. The van der Waals surface area contributed by atoms with Crippen molar-refractivity contribution in [3.05, 3.63) is 65.2 Å². The van der Waals surface area contributed by atoms with Crippen molar-refractivity contribution in [2.75, 3.05) is 19.6 Å². The molecule has 1 amide bonds. The SMILES string of the molecule is CCNC(=O)c1cccc(C2(c3ccc(O)cc3)N=C(N)N3CCCN=C32)c1. The molecule has 1 unspecified atom stereocenters. The van der Waals surface area contributed by atoms with Gasteiger partial charge in [-0.3, -0.25) is 14.7 Å². The number of benzene rings is 2. The number of guanidine groups is 1. The number of nitrogens with two attached hydrogens (primary N) is 1. The second kappa shape index (κ2) is 6.99. The minimum absolute atomic E-state index is 0.136. The highest BCUT2D eigenvalue weighted by Gasteiger charge is 2.49. The molecule has 0 bridgehead atoms. The maximum atomic E-state index is 12.4. The molecule has 7 heteroatoms. The van der Waals surface area contributed by atoms with Gasteiger partial charge in [-0.2, -0.15) is 0 Å². The fourth-order valence-electron chi connectivity index (χ4n) is 3.82. The summed E-state index contributed by atoms with van der Waals surface area (Å²) in [5, 5.41) is 12.6. The molecule has 0 aliphatic carbocycles. The van der Waals surface area contributed by atoms with Gasteiger partial charge in [0.2, 0.25) is 0 Å². The first-order valence-corrected chi connectivity index (χ1v) is 9.42. The van der Waals surface area contributed by atoms with E-state index >= 15 is 0 Å². The second-order valence-corrected chi connectivity index (χ2v) is 6.88. The number of phenolic OH excluding ortho intramolecular Hbond substituents is 1. The van der Waals surface area contributed by atoms with E-state index in [0.717, 1.165) is 29.9 Å². The molecule has 2 aliphatic rings. The molecule has 2 aromatic carbocycles. The molecular weight excluding hydrogens is 354 g/mol. The van der Waals surface area contributed by atoms with Crippen LogP contribution in [-0.2, 0) is 5.54 Å². The normalized spacial score (nSPS) is 21.0. The van der Waals surface area contributed by atoms with Gasteiger partial charge in [0, 0.05) is 25.2 Å². The van der Waals surface area contributed by atoms with Crippen molar-refractivity contribution in [1.82, 2.24) is 10.2 Å². The summed E-state index contributed by atoms with van der Waals surface area (Å²) in [6.07, 6.45) is 0.907. The Morgan fingerprint density at radius 1 is 1.25 bits per heavy atom. The lowest BCUT2D eigenvalue weighted by atomic mass is 9.81. The molecule has 4 rings (SSSR count). The quantitative estimate of drug-likeness (QED) is 0.756. The maximum Gasteiger partial charge on any atom is 0.251 e. The third kappa shape index (κ3) is 2.79. The third-order valence-corrected chi connectivity index (χ3v) is 5.10. The zero-order chi connectivity index (χ0) is 19.7. The summed E-state index contributed by atoms with van der Waals surface area (Å²) >= 11 is 0. The largest absolute Gasteiger partial charge is 0.508 e. The molecule has 0 saturated heterocycles. The molecule has 7 nitrogen and oxygen atoms in total. The number of fused-ring (bicyclic) bond motifs is 1. The van der Waals surface area contributed by atoms with Crippen LogP contribution in [0.4, 0.5) is 0 Å². The topological polar surface area (TPSA) is 103 Å². The molecule has 0 saturated carbocycles. The monoisotopic (exact) mass is 377 g/mol. The van der Waals surface area contributed by atoms with Gasteiger partial charge in [-0.25, -0.2) is 4.99 Å². The lowest BCUT2D eigenvalue weighted by Gasteiger charge is -2.33. The van der Waals surface area contributed by atoms with E-state index in [-0.39, 0.29) is 11.7 Å². The minimum Gasteiger partial charge on any atom is -0.508 e. The van der Waals surface area contributed by atoms with E-state index < -0.39 is 5.54 Å². The third-order valence-electron chi connectivity index (χ3n) is 5.10. The van der Waals surface area contributed by atoms with Crippen LogP contribution in [0.5, 0.6) is 5.75 Å². The molecule has 1 atom stereocenters. The Morgan fingerprint density at radius 3 is 2.79 bits per heavy atom. The average molecular weight is 377 g/mol. The summed E-state index contributed by atoms with van der Waals surface area (Å²) in [7, 11) is 0. The fourth-order valence-corrected chi connectivity index (χ4v) is 3.82. The predicted octanol–water partition coefficient (Wildman–Crippen LogP) is 1.82. The highest BCUT2D eigenvalue weighted by molar-refractivity contribution is 6.12. The van der Waals surface area contributed by atoms with E-state index in [9.17, 15) is 9.90 Å². The van der Waals surface area contributed by atoms with Crippen molar-refractivity contribution >= 4 is 17.7 Å². The van der Waals surface area contributed by atoms with Crippen LogP contribution in [0.15, 0.2) is 58.5 Å². The number of nitrogens with zero attached hydrogens (tertiary/aromatic N) is 3. The van der Waals surface area contributed by atoms with Gasteiger partial charge in [0.05, 0.1) is 0 Å². The summed E-state index contributed by atoms with van der Waals surface area (Å²) < 4.78 is 0. The van der Waals surface area contributed by atoms with E-state index in [2.05, 4.69) is 5.32 Å². The number of rotatable bonds is 4. The lowest BCUT2D eigenvalue weighted by molar-refractivity contribution is 0.0955. The molecule has 4 N–H and O–H groups in total. The van der Waals surface area contributed by atoms with Crippen molar-refractivity contribution in [3.63, 3.8) is 0 Å². The zero-order valence-electron chi connectivity index (χ0n) is 15.7. The Kier molecular flexibility index (Phi) is 4.50. The summed E-state index contributed by atoms with van der Waals surface area (Å²) in [4.78, 5) is 24.0. The van der Waals surface area contributed by atoms with Crippen molar-refractivity contribution in [1.29, 1.82) is 0 Å². The number of hydrogen-bond donors (Lipinski definition) is 3. The number of nitrogens with one attached hydrogen (secondary N) is 1. The van der Waals surface area contributed by atoms with E-state index in [4.69, 9.17) is 15.7 Å². The van der Waals surface area contributed by atoms with Crippen LogP contribution in [-0.4, -0.2) is 47.3 Å². The van der Waals surface area contributed by atoms with Crippen molar-refractivity contribution in [2.45, 2.75) is 18.9 Å². The Hall–Kier alpha value is -3.35. The van der Waals surface area contributed by atoms with E-state index in [1.807, 2.05) is 42.2 Å². The molecule has 0 spiro atoms. The first-order valence-electron chi connectivity index (χ1n) is 9.42. The Balaban J connectivity index is 1.93. The number of hydrogen-bond acceptors (Lipinski definition) is 6.